The van der Waals surface area contributed by atoms with Gasteiger partial charge in [0.25, 0.3) is 0 Å². The molecular weight excluding hydrogens is 316 g/mol. The smallest absolute Gasteiger partial charge is 0.0717 e. The van der Waals surface area contributed by atoms with Gasteiger partial charge in [0.15, 0.2) is 0 Å². The molecule has 0 aromatic heterocycles. The molecule has 2 aromatic rings. The first-order chi connectivity index (χ1) is 11.8. The first-order valence-corrected chi connectivity index (χ1v) is 9.15. The van der Waals surface area contributed by atoms with Crippen molar-refractivity contribution >= 4 is 18.3 Å². The van der Waals surface area contributed by atoms with Crippen LogP contribution in [0.4, 0.5) is 5.69 Å². The number of ether oxygens (including phenoxy) is 1. The molecule has 24 heavy (non-hydrogen) atoms. The third kappa shape index (κ3) is 5.26. The van der Waals surface area contributed by atoms with Gasteiger partial charge in [-0.15, -0.1) is 0 Å². The SMILES string of the molecule is SC(COCc1ccccc1)CN1CCN(c2ccccc2)CC1. The molecule has 0 radical (unpaired) electrons. The van der Waals surface area contributed by atoms with Crippen LogP contribution in [0.15, 0.2) is 60.7 Å². The molecule has 1 saturated heterocycles. The van der Waals surface area contributed by atoms with E-state index in [9.17, 15) is 0 Å². The van der Waals surface area contributed by atoms with E-state index in [1.807, 2.05) is 18.2 Å². The Kier molecular flexibility index (Phi) is 6.58. The summed E-state index contributed by atoms with van der Waals surface area (Å²) in [7, 11) is 0. The maximum atomic E-state index is 5.80. The topological polar surface area (TPSA) is 15.7 Å². The Hall–Kier alpha value is -1.49. The number of hydrogen-bond acceptors (Lipinski definition) is 4. The predicted octanol–water partition coefficient (Wildman–Crippen LogP) is 3.32. The van der Waals surface area contributed by atoms with Gasteiger partial charge in [0.2, 0.25) is 0 Å². The lowest BCUT2D eigenvalue weighted by molar-refractivity contribution is 0.112. The Morgan fingerprint density at radius 1 is 0.875 bits per heavy atom. The first kappa shape index (κ1) is 17.3. The van der Waals surface area contributed by atoms with Crippen molar-refractivity contribution in [3.8, 4) is 0 Å². The van der Waals surface area contributed by atoms with Crippen molar-refractivity contribution in [2.45, 2.75) is 11.9 Å². The molecular formula is C20H26N2OS. The van der Waals surface area contributed by atoms with Crippen molar-refractivity contribution in [2.24, 2.45) is 0 Å². The zero-order chi connectivity index (χ0) is 16.6. The van der Waals surface area contributed by atoms with Gasteiger partial charge >= 0.3 is 0 Å². The second-order valence-corrected chi connectivity index (χ2v) is 7.01. The highest BCUT2D eigenvalue weighted by Gasteiger charge is 2.19. The molecule has 1 fully saturated rings. The van der Waals surface area contributed by atoms with Gasteiger partial charge in [0.05, 0.1) is 13.2 Å². The van der Waals surface area contributed by atoms with E-state index in [0.717, 1.165) is 32.7 Å². The van der Waals surface area contributed by atoms with E-state index in [4.69, 9.17) is 17.4 Å². The molecule has 4 heteroatoms. The first-order valence-electron chi connectivity index (χ1n) is 8.63. The summed E-state index contributed by atoms with van der Waals surface area (Å²) in [6, 6.07) is 21.0. The number of benzene rings is 2. The monoisotopic (exact) mass is 342 g/mol. The number of para-hydroxylation sites is 1. The van der Waals surface area contributed by atoms with E-state index in [-0.39, 0.29) is 5.25 Å². The van der Waals surface area contributed by atoms with Gasteiger partial charge in [0.1, 0.15) is 0 Å². The van der Waals surface area contributed by atoms with Crippen LogP contribution in [0.5, 0.6) is 0 Å². The fraction of sp³-hybridized carbons (Fsp3) is 0.400. The Labute approximate surface area is 150 Å². The summed E-state index contributed by atoms with van der Waals surface area (Å²) in [5.74, 6) is 0. The number of anilines is 1. The van der Waals surface area contributed by atoms with Crippen molar-refractivity contribution < 1.29 is 4.74 Å². The van der Waals surface area contributed by atoms with Crippen molar-refractivity contribution in [2.75, 3.05) is 44.2 Å². The lowest BCUT2D eigenvalue weighted by atomic mass is 10.2. The Morgan fingerprint density at radius 2 is 1.50 bits per heavy atom. The Bertz CT molecular complexity index is 585. The lowest BCUT2D eigenvalue weighted by Gasteiger charge is -2.37. The molecule has 0 N–H and O–H groups in total. The van der Waals surface area contributed by atoms with Crippen LogP contribution < -0.4 is 4.90 Å². The van der Waals surface area contributed by atoms with Gasteiger partial charge in [-0.25, -0.2) is 0 Å². The molecule has 0 spiro atoms. The zero-order valence-electron chi connectivity index (χ0n) is 14.1. The Morgan fingerprint density at radius 3 is 2.17 bits per heavy atom. The van der Waals surface area contributed by atoms with Gasteiger partial charge in [0, 0.05) is 43.7 Å². The standard InChI is InChI=1S/C20H26N2OS/c24-20(17-23-16-18-7-3-1-4-8-18)15-21-11-13-22(14-12-21)19-9-5-2-6-10-19/h1-10,20,24H,11-17H2. The second kappa shape index (κ2) is 9.11. The molecule has 3 rings (SSSR count). The number of rotatable bonds is 7. The predicted molar refractivity (Wildman–Crippen MR) is 104 cm³/mol. The van der Waals surface area contributed by atoms with Crippen LogP contribution >= 0.6 is 12.6 Å². The van der Waals surface area contributed by atoms with Crippen LogP contribution in [0.3, 0.4) is 0 Å². The van der Waals surface area contributed by atoms with Crippen LogP contribution in [0.2, 0.25) is 0 Å². The summed E-state index contributed by atoms with van der Waals surface area (Å²) >= 11 is 4.70. The van der Waals surface area contributed by atoms with Gasteiger partial charge in [-0.1, -0.05) is 48.5 Å². The molecule has 1 unspecified atom stereocenters. The molecule has 2 aromatic carbocycles. The maximum Gasteiger partial charge on any atom is 0.0717 e. The third-order valence-corrected chi connectivity index (χ3v) is 4.70. The minimum atomic E-state index is 0.261. The number of nitrogens with zero attached hydrogens (tertiary/aromatic N) is 2. The second-order valence-electron chi connectivity index (χ2n) is 6.28. The minimum Gasteiger partial charge on any atom is -0.376 e. The molecule has 1 aliphatic rings. The van der Waals surface area contributed by atoms with Crippen LogP contribution in [0, 0.1) is 0 Å². The largest absolute Gasteiger partial charge is 0.376 e. The zero-order valence-corrected chi connectivity index (χ0v) is 14.9. The molecule has 0 amide bonds. The fourth-order valence-corrected chi connectivity index (χ4v) is 3.40. The van der Waals surface area contributed by atoms with Crippen molar-refractivity contribution in [1.82, 2.24) is 4.90 Å². The van der Waals surface area contributed by atoms with E-state index < -0.39 is 0 Å². The molecule has 128 valence electrons. The quantitative estimate of drug-likeness (QED) is 0.777. The minimum absolute atomic E-state index is 0.261. The van der Waals surface area contributed by atoms with Crippen molar-refractivity contribution in [1.29, 1.82) is 0 Å². The van der Waals surface area contributed by atoms with Gasteiger partial charge in [-0.3, -0.25) is 4.90 Å². The Balaban J connectivity index is 1.35. The van der Waals surface area contributed by atoms with Crippen molar-refractivity contribution in [3.63, 3.8) is 0 Å². The molecule has 3 nitrogen and oxygen atoms in total. The van der Waals surface area contributed by atoms with Gasteiger partial charge in [-0.2, -0.15) is 12.6 Å². The highest BCUT2D eigenvalue weighted by atomic mass is 32.1. The molecule has 0 bridgehead atoms. The van der Waals surface area contributed by atoms with E-state index in [1.54, 1.807) is 0 Å². The van der Waals surface area contributed by atoms with E-state index in [0.29, 0.717) is 13.2 Å². The third-order valence-electron chi connectivity index (χ3n) is 4.38. The number of piperazine rings is 1. The number of hydrogen-bond donors (Lipinski definition) is 1. The van der Waals surface area contributed by atoms with Crippen molar-refractivity contribution in [3.05, 3.63) is 66.2 Å². The van der Waals surface area contributed by atoms with Crippen LogP contribution in [0.25, 0.3) is 0 Å². The summed E-state index contributed by atoms with van der Waals surface area (Å²) in [6.45, 7) is 6.68. The normalized spacial score (nSPS) is 17.0. The maximum absolute atomic E-state index is 5.80. The summed E-state index contributed by atoms with van der Waals surface area (Å²) in [4.78, 5) is 4.94. The highest BCUT2D eigenvalue weighted by Crippen LogP contribution is 2.16. The van der Waals surface area contributed by atoms with Gasteiger partial charge in [-0.05, 0) is 17.7 Å². The van der Waals surface area contributed by atoms with E-state index in [1.165, 1.54) is 11.3 Å². The average molecular weight is 343 g/mol. The van der Waals surface area contributed by atoms with Crippen LogP contribution in [0.1, 0.15) is 5.56 Å². The molecule has 1 heterocycles. The average Bonchev–Trinajstić information content (AvgIpc) is 2.64. The molecule has 0 aliphatic carbocycles. The molecule has 1 aliphatic heterocycles. The summed E-state index contributed by atoms with van der Waals surface area (Å²) < 4.78 is 5.80. The fourth-order valence-electron chi connectivity index (χ4n) is 3.07. The number of thiol groups is 1. The van der Waals surface area contributed by atoms with Crippen LogP contribution in [-0.2, 0) is 11.3 Å². The van der Waals surface area contributed by atoms with E-state index in [2.05, 4.69) is 52.3 Å². The molecule has 0 saturated carbocycles. The van der Waals surface area contributed by atoms with Gasteiger partial charge < -0.3 is 9.64 Å². The highest BCUT2D eigenvalue weighted by molar-refractivity contribution is 7.81. The summed E-state index contributed by atoms with van der Waals surface area (Å²) in [6.07, 6.45) is 0. The summed E-state index contributed by atoms with van der Waals surface area (Å²) in [5.41, 5.74) is 2.54. The molecule has 1 atom stereocenters. The van der Waals surface area contributed by atoms with E-state index >= 15 is 0 Å². The van der Waals surface area contributed by atoms with Crippen LogP contribution in [-0.4, -0.2) is 49.5 Å². The lowest BCUT2D eigenvalue weighted by Crippen LogP contribution is -2.48. The summed E-state index contributed by atoms with van der Waals surface area (Å²) in [5, 5.41) is 0.261.